The number of hydrogen-bond acceptors (Lipinski definition) is 7. The van der Waals surface area contributed by atoms with Crippen LogP contribution in [0, 0.1) is 5.82 Å². The zero-order chi connectivity index (χ0) is 22.7. The van der Waals surface area contributed by atoms with Crippen molar-refractivity contribution < 1.29 is 28.9 Å². The van der Waals surface area contributed by atoms with Crippen molar-refractivity contribution in [2.45, 2.75) is 12.2 Å². The molecule has 2 aromatic carbocycles. The highest BCUT2D eigenvalue weighted by Crippen LogP contribution is 2.25. The van der Waals surface area contributed by atoms with Crippen LogP contribution in [0.1, 0.15) is 10.4 Å². The molecule has 1 aromatic heterocycles. The van der Waals surface area contributed by atoms with Crippen LogP contribution in [0.25, 0.3) is 11.3 Å². The third kappa shape index (κ3) is 5.28. The number of benzene rings is 2. The van der Waals surface area contributed by atoms with Gasteiger partial charge in [-0.25, -0.2) is 14.2 Å². The highest BCUT2D eigenvalue weighted by atomic mass is 32.1. The molecule has 3 aromatic rings. The lowest BCUT2D eigenvalue weighted by atomic mass is 10.2. The first kappa shape index (κ1) is 21.9. The Morgan fingerprint density at radius 2 is 1.88 bits per heavy atom. The van der Waals surface area contributed by atoms with Crippen molar-refractivity contribution in [2.24, 2.45) is 0 Å². The molecule has 32 heavy (non-hydrogen) atoms. The first-order valence-corrected chi connectivity index (χ1v) is 10.7. The number of nitrogens with zero attached hydrogens (tertiary/aromatic N) is 2. The number of carbonyl (C=O) groups is 2. The summed E-state index contributed by atoms with van der Waals surface area (Å²) in [5.41, 5.74) is 1.54. The van der Waals surface area contributed by atoms with E-state index < -0.39 is 18.2 Å². The van der Waals surface area contributed by atoms with Gasteiger partial charge in [-0.15, -0.1) is 11.3 Å². The molecule has 1 aliphatic rings. The number of ether oxygens (including phenoxy) is 1. The predicted molar refractivity (Wildman–Crippen MR) is 116 cm³/mol. The number of aromatic carboxylic acids is 1. The van der Waals surface area contributed by atoms with Crippen molar-refractivity contribution in [1.82, 2.24) is 9.88 Å². The Labute approximate surface area is 186 Å². The van der Waals surface area contributed by atoms with Crippen LogP contribution in [0.15, 0.2) is 53.9 Å². The van der Waals surface area contributed by atoms with Gasteiger partial charge in [0, 0.05) is 24.0 Å². The number of β-amino-alcohol motifs (C(OH)–C–C–N with tert-alkyl or cyclic N) is 1. The average Bonchev–Trinajstić information content (AvgIpc) is 3.35. The van der Waals surface area contributed by atoms with Crippen LogP contribution in [0.3, 0.4) is 0 Å². The quantitative estimate of drug-likeness (QED) is 0.500. The summed E-state index contributed by atoms with van der Waals surface area (Å²) in [4.78, 5) is 29.5. The highest BCUT2D eigenvalue weighted by Gasteiger charge is 2.34. The van der Waals surface area contributed by atoms with Gasteiger partial charge in [0.25, 0.3) is 0 Å². The number of carbonyl (C=O) groups excluding carboxylic acids is 1. The molecule has 166 valence electrons. The molecule has 8 nitrogen and oxygen atoms in total. The normalized spacial score (nSPS) is 18.4. The standard InChI is InChI=1S/C22H20FN3O5S/c23-15-5-1-13(2-6-15)17-12-32-22(24-17)25-20(28)11-26-9-18(27)19(10-26)31-16-7-3-14(4-8-16)21(29)30/h1-8,12,18-19,27H,9-11H2,(H,29,30)(H,24,25,28)/t18-,19-/m1/s1. The summed E-state index contributed by atoms with van der Waals surface area (Å²) in [5.74, 6) is -1.19. The van der Waals surface area contributed by atoms with E-state index in [4.69, 9.17) is 9.84 Å². The van der Waals surface area contributed by atoms with Gasteiger partial charge in [-0.2, -0.15) is 0 Å². The van der Waals surface area contributed by atoms with Crippen molar-refractivity contribution >= 4 is 28.3 Å². The summed E-state index contributed by atoms with van der Waals surface area (Å²) in [6.07, 6.45) is -1.32. The van der Waals surface area contributed by atoms with Crippen LogP contribution in [0.4, 0.5) is 9.52 Å². The number of anilines is 1. The molecule has 0 bridgehead atoms. The SMILES string of the molecule is O=C(CN1C[C@@H](O)[C@H](Oc2ccc(C(=O)O)cc2)C1)Nc1nc(-c2ccc(F)cc2)cs1. The summed E-state index contributed by atoms with van der Waals surface area (Å²) in [7, 11) is 0. The molecule has 1 aliphatic heterocycles. The third-order valence-electron chi connectivity index (χ3n) is 4.96. The summed E-state index contributed by atoms with van der Waals surface area (Å²) >= 11 is 1.27. The molecule has 2 heterocycles. The topological polar surface area (TPSA) is 112 Å². The number of carboxylic acids is 1. The van der Waals surface area contributed by atoms with E-state index >= 15 is 0 Å². The minimum absolute atomic E-state index is 0.0559. The van der Waals surface area contributed by atoms with Gasteiger partial charge in [0.1, 0.15) is 23.8 Å². The predicted octanol–water partition coefficient (Wildman–Crippen LogP) is 2.71. The van der Waals surface area contributed by atoms with Crippen LogP contribution < -0.4 is 10.1 Å². The van der Waals surface area contributed by atoms with E-state index in [2.05, 4.69) is 10.3 Å². The number of halogens is 1. The Balaban J connectivity index is 1.29. The van der Waals surface area contributed by atoms with Gasteiger partial charge in [0.15, 0.2) is 5.13 Å². The van der Waals surface area contributed by atoms with Crippen LogP contribution >= 0.6 is 11.3 Å². The molecule has 1 saturated heterocycles. The molecule has 0 saturated carbocycles. The van der Waals surface area contributed by atoms with Gasteiger partial charge < -0.3 is 20.3 Å². The second kappa shape index (κ2) is 9.43. The molecule has 10 heteroatoms. The summed E-state index contributed by atoms with van der Waals surface area (Å²) in [5, 5.41) is 24.2. The van der Waals surface area contributed by atoms with E-state index in [-0.39, 0.29) is 30.4 Å². The fourth-order valence-corrected chi connectivity index (χ4v) is 4.11. The molecule has 0 unspecified atom stereocenters. The lowest BCUT2D eigenvalue weighted by Crippen LogP contribution is -2.33. The Kier molecular flexibility index (Phi) is 6.45. The van der Waals surface area contributed by atoms with Gasteiger partial charge in [-0.3, -0.25) is 9.69 Å². The molecule has 3 N–H and O–H groups in total. The number of aliphatic hydroxyl groups is 1. The highest BCUT2D eigenvalue weighted by molar-refractivity contribution is 7.14. The Morgan fingerprint density at radius 1 is 1.16 bits per heavy atom. The summed E-state index contributed by atoms with van der Waals surface area (Å²) in [6, 6.07) is 11.9. The van der Waals surface area contributed by atoms with E-state index in [0.29, 0.717) is 23.1 Å². The maximum atomic E-state index is 13.1. The van der Waals surface area contributed by atoms with Crippen molar-refractivity contribution in [3.63, 3.8) is 0 Å². The monoisotopic (exact) mass is 457 g/mol. The van der Waals surface area contributed by atoms with Gasteiger partial charge >= 0.3 is 5.97 Å². The zero-order valence-electron chi connectivity index (χ0n) is 16.8. The van der Waals surface area contributed by atoms with E-state index in [1.54, 1.807) is 22.4 Å². The van der Waals surface area contributed by atoms with Crippen LogP contribution in [-0.2, 0) is 4.79 Å². The molecule has 1 amide bonds. The second-order valence-electron chi connectivity index (χ2n) is 7.34. The van der Waals surface area contributed by atoms with Gasteiger partial charge in [0.05, 0.1) is 17.8 Å². The van der Waals surface area contributed by atoms with Crippen LogP contribution in [-0.4, -0.2) is 63.8 Å². The average molecular weight is 457 g/mol. The number of nitrogens with one attached hydrogen (secondary N) is 1. The lowest BCUT2D eigenvalue weighted by Gasteiger charge is -2.17. The number of amides is 1. The Morgan fingerprint density at radius 3 is 2.56 bits per heavy atom. The molecule has 1 fully saturated rings. The minimum atomic E-state index is -1.03. The van der Waals surface area contributed by atoms with Crippen molar-refractivity contribution in [2.75, 3.05) is 25.0 Å². The Bertz CT molecular complexity index is 1100. The molecule has 0 aliphatic carbocycles. The maximum Gasteiger partial charge on any atom is 0.335 e. The van der Waals surface area contributed by atoms with Crippen molar-refractivity contribution in [1.29, 1.82) is 0 Å². The maximum absolute atomic E-state index is 13.1. The molecular formula is C22H20FN3O5S. The third-order valence-corrected chi connectivity index (χ3v) is 5.72. The second-order valence-corrected chi connectivity index (χ2v) is 8.20. The molecule has 0 spiro atoms. The number of aliphatic hydroxyl groups excluding tert-OH is 1. The van der Waals surface area contributed by atoms with Gasteiger partial charge in [-0.05, 0) is 48.5 Å². The van der Waals surface area contributed by atoms with Crippen LogP contribution in [0.2, 0.25) is 0 Å². The smallest absolute Gasteiger partial charge is 0.335 e. The molecular weight excluding hydrogens is 437 g/mol. The van der Waals surface area contributed by atoms with Gasteiger partial charge in [0.2, 0.25) is 5.91 Å². The molecule has 2 atom stereocenters. The number of hydrogen-bond donors (Lipinski definition) is 3. The Hall–Kier alpha value is -3.34. The van der Waals surface area contributed by atoms with Crippen molar-refractivity contribution in [3.05, 3.63) is 65.3 Å². The van der Waals surface area contributed by atoms with Gasteiger partial charge in [-0.1, -0.05) is 0 Å². The zero-order valence-corrected chi connectivity index (χ0v) is 17.6. The van der Waals surface area contributed by atoms with E-state index in [1.807, 2.05) is 0 Å². The fourth-order valence-electron chi connectivity index (χ4n) is 3.37. The number of aromatic nitrogens is 1. The fraction of sp³-hybridized carbons (Fsp3) is 0.227. The number of rotatable bonds is 7. The summed E-state index contributed by atoms with van der Waals surface area (Å²) in [6.45, 7) is 0.665. The first-order valence-electron chi connectivity index (χ1n) is 9.79. The number of carboxylic acid groups (broad SMARTS) is 1. The molecule has 4 rings (SSSR count). The minimum Gasteiger partial charge on any atom is -0.486 e. The van der Waals surface area contributed by atoms with E-state index in [1.165, 1.54) is 47.7 Å². The lowest BCUT2D eigenvalue weighted by molar-refractivity contribution is -0.117. The molecule has 0 radical (unpaired) electrons. The van der Waals surface area contributed by atoms with E-state index in [9.17, 15) is 19.1 Å². The number of likely N-dealkylation sites (tertiary alicyclic amines) is 1. The van der Waals surface area contributed by atoms with E-state index in [0.717, 1.165) is 5.56 Å². The van der Waals surface area contributed by atoms with Crippen LogP contribution in [0.5, 0.6) is 5.75 Å². The van der Waals surface area contributed by atoms with Crippen molar-refractivity contribution in [3.8, 4) is 17.0 Å². The summed E-state index contributed by atoms with van der Waals surface area (Å²) < 4.78 is 18.8. The number of thiazole rings is 1. The largest absolute Gasteiger partial charge is 0.486 e. The first-order chi connectivity index (χ1) is 15.4.